The monoisotopic (exact) mass is 277 g/mol. The van der Waals surface area contributed by atoms with Crippen molar-refractivity contribution in [2.45, 2.75) is 53.0 Å². The minimum Gasteiger partial charge on any atom is -0.466 e. The summed E-state index contributed by atoms with van der Waals surface area (Å²) >= 11 is 0. The van der Waals surface area contributed by atoms with Crippen LogP contribution in [0.5, 0.6) is 0 Å². The maximum atomic E-state index is 10.9. The van der Waals surface area contributed by atoms with E-state index in [0.717, 1.165) is 32.4 Å². The summed E-state index contributed by atoms with van der Waals surface area (Å²) in [5.41, 5.74) is 3.98. The molecule has 0 saturated carbocycles. The Morgan fingerprint density at radius 2 is 1.80 bits per heavy atom. The molecule has 0 radical (unpaired) electrons. The Labute approximate surface area is 122 Å². The lowest BCUT2D eigenvalue weighted by molar-refractivity contribution is -0.143. The number of rotatable bonds is 9. The number of benzene rings is 1. The Hall–Kier alpha value is -1.35. The molecule has 0 aromatic heterocycles. The summed E-state index contributed by atoms with van der Waals surface area (Å²) in [6.07, 6.45) is 3.64. The Morgan fingerprint density at radius 3 is 2.45 bits per heavy atom. The van der Waals surface area contributed by atoms with Gasteiger partial charge in [0.15, 0.2) is 0 Å². The summed E-state index contributed by atoms with van der Waals surface area (Å²) in [6, 6.07) is 6.65. The third-order valence-corrected chi connectivity index (χ3v) is 3.16. The summed E-state index contributed by atoms with van der Waals surface area (Å²) in [5, 5.41) is 3.46. The molecule has 1 aromatic carbocycles. The molecule has 112 valence electrons. The zero-order valence-electron chi connectivity index (χ0n) is 13.0. The Kier molecular flexibility index (Phi) is 7.97. The molecular weight excluding hydrogens is 250 g/mol. The second-order valence-corrected chi connectivity index (χ2v) is 5.31. The van der Waals surface area contributed by atoms with Gasteiger partial charge in [-0.05, 0) is 45.2 Å². The van der Waals surface area contributed by atoms with E-state index in [4.69, 9.17) is 4.74 Å². The molecule has 0 atom stereocenters. The fraction of sp³-hybridized carbons (Fsp3) is 0.588. The summed E-state index contributed by atoms with van der Waals surface area (Å²) in [5.74, 6) is -0.0991. The lowest BCUT2D eigenvalue weighted by Crippen LogP contribution is -2.15. The van der Waals surface area contributed by atoms with Gasteiger partial charge in [0.25, 0.3) is 0 Å². The number of esters is 1. The average molecular weight is 277 g/mol. The molecule has 0 amide bonds. The molecule has 1 aromatic rings. The van der Waals surface area contributed by atoms with E-state index < -0.39 is 0 Å². The minimum absolute atomic E-state index is 0.0991. The van der Waals surface area contributed by atoms with Crippen LogP contribution in [0.3, 0.4) is 0 Å². The van der Waals surface area contributed by atoms with E-state index in [1.54, 1.807) is 0 Å². The van der Waals surface area contributed by atoms with Crippen LogP contribution in [0.1, 0.15) is 49.3 Å². The van der Waals surface area contributed by atoms with Crippen molar-refractivity contribution in [2.75, 3.05) is 13.2 Å². The van der Waals surface area contributed by atoms with Crippen molar-refractivity contribution in [3.63, 3.8) is 0 Å². The molecular formula is C17H27NO2. The molecule has 3 heteroatoms. The zero-order chi connectivity index (χ0) is 14.8. The molecule has 0 spiro atoms. The molecule has 0 fully saturated rings. The fourth-order valence-corrected chi connectivity index (χ4v) is 2.22. The quantitative estimate of drug-likeness (QED) is 0.554. The number of ether oxygens (including phenoxy) is 1. The number of hydrogen-bond donors (Lipinski definition) is 1. The van der Waals surface area contributed by atoms with Crippen molar-refractivity contribution < 1.29 is 9.53 Å². The Bertz CT molecular complexity index is 395. The van der Waals surface area contributed by atoms with Gasteiger partial charge in [0.05, 0.1) is 6.61 Å². The van der Waals surface area contributed by atoms with E-state index in [1.165, 1.54) is 16.7 Å². The maximum absolute atomic E-state index is 10.9. The van der Waals surface area contributed by atoms with Gasteiger partial charge < -0.3 is 10.1 Å². The van der Waals surface area contributed by atoms with Crippen LogP contribution in [-0.2, 0) is 16.1 Å². The van der Waals surface area contributed by atoms with Crippen molar-refractivity contribution in [1.29, 1.82) is 0 Å². The zero-order valence-corrected chi connectivity index (χ0v) is 13.0. The average Bonchev–Trinajstić information content (AvgIpc) is 2.40. The minimum atomic E-state index is -0.0991. The number of hydrogen-bond acceptors (Lipinski definition) is 3. The molecule has 20 heavy (non-hydrogen) atoms. The van der Waals surface area contributed by atoms with Gasteiger partial charge in [-0.15, -0.1) is 0 Å². The van der Waals surface area contributed by atoms with E-state index >= 15 is 0 Å². The van der Waals surface area contributed by atoms with Crippen LogP contribution in [-0.4, -0.2) is 19.1 Å². The second kappa shape index (κ2) is 9.54. The molecule has 0 unspecified atom stereocenters. The van der Waals surface area contributed by atoms with Crippen molar-refractivity contribution in [1.82, 2.24) is 5.32 Å². The van der Waals surface area contributed by atoms with Gasteiger partial charge in [0.2, 0.25) is 0 Å². The third kappa shape index (κ3) is 7.29. The normalized spacial score (nSPS) is 10.6. The first kappa shape index (κ1) is 16.7. The van der Waals surface area contributed by atoms with Gasteiger partial charge in [-0.1, -0.05) is 36.2 Å². The van der Waals surface area contributed by atoms with Crippen molar-refractivity contribution in [3.8, 4) is 0 Å². The summed E-state index contributed by atoms with van der Waals surface area (Å²) in [6.45, 7) is 8.58. The number of carbonyl (C=O) groups is 1. The summed E-state index contributed by atoms with van der Waals surface area (Å²) < 4.78 is 5.03. The molecule has 0 bridgehead atoms. The highest BCUT2D eigenvalue weighted by atomic mass is 16.5. The SMILES string of the molecule is CCC(=O)OCCCCCNCc1cc(C)cc(C)c1. The van der Waals surface area contributed by atoms with E-state index in [2.05, 4.69) is 37.4 Å². The van der Waals surface area contributed by atoms with E-state index in [0.29, 0.717) is 13.0 Å². The highest BCUT2D eigenvalue weighted by Gasteiger charge is 1.98. The first-order valence-electron chi connectivity index (χ1n) is 7.55. The molecule has 0 saturated heterocycles. The van der Waals surface area contributed by atoms with Gasteiger partial charge in [0, 0.05) is 13.0 Å². The van der Waals surface area contributed by atoms with E-state index in [1.807, 2.05) is 6.92 Å². The predicted octanol–water partition coefficient (Wildman–Crippen LogP) is 3.52. The second-order valence-electron chi connectivity index (χ2n) is 5.31. The van der Waals surface area contributed by atoms with Crippen LogP contribution >= 0.6 is 0 Å². The van der Waals surface area contributed by atoms with Crippen molar-refractivity contribution in [2.24, 2.45) is 0 Å². The van der Waals surface area contributed by atoms with Crippen LogP contribution in [0, 0.1) is 13.8 Å². The van der Waals surface area contributed by atoms with Crippen molar-refractivity contribution in [3.05, 3.63) is 34.9 Å². The Balaban J connectivity index is 2.03. The molecule has 0 aliphatic carbocycles. The molecule has 0 aliphatic heterocycles. The number of aryl methyl sites for hydroxylation is 2. The number of unbranched alkanes of at least 4 members (excludes halogenated alkanes) is 2. The van der Waals surface area contributed by atoms with Gasteiger partial charge in [-0.25, -0.2) is 0 Å². The highest BCUT2D eigenvalue weighted by Crippen LogP contribution is 2.08. The number of nitrogens with one attached hydrogen (secondary N) is 1. The van der Waals surface area contributed by atoms with Crippen LogP contribution in [0.15, 0.2) is 18.2 Å². The maximum Gasteiger partial charge on any atom is 0.305 e. The molecule has 1 rings (SSSR count). The van der Waals surface area contributed by atoms with Crippen LogP contribution in [0.25, 0.3) is 0 Å². The van der Waals surface area contributed by atoms with Gasteiger partial charge in [0.1, 0.15) is 0 Å². The smallest absolute Gasteiger partial charge is 0.305 e. The topological polar surface area (TPSA) is 38.3 Å². The van der Waals surface area contributed by atoms with E-state index in [9.17, 15) is 4.79 Å². The van der Waals surface area contributed by atoms with E-state index in [-0.39, 0.29) is 5.97 Å². The standard InChI is InChI=1S/C17H27NO2/c1-4-17(19)20-9-7-5-6-8-18-13-16-11-14(2)10-15(3)12-16/h10-12,18H,4-9,13H2,1-3H3. The largest absolute Gasteiger partial charge is 0.466 e. The molecule has 0 aliphatic rings. The van der Waals surface area contributed by atoms with Crippen LogP contribution < -0.4 is 5.32 Å². The first-order valence-corrected chi connectivity index (χ1v) is 7.55. The highest BCUT2D eigenvalue weighted by molar-refractivity contribution is 5.68. The van der Waals surface area contributed by atoms with Crippen LogP contribution in [0.2, 0.25) is 0 Å². The molecule has 0 heterocycles. The molecule has 3 nitrogen and oxygen atoms in total. The van der Waals surface area contributed by atoms with Gasteiger partial charge >= 0.3 is 5.97 Å². The lowest BCUT2D eigenvalue weighted by atomic mass is 10.1. The lowest BCUT2D eigenvalue weighted by Gasteiger charge is -2.07. The van der Waals surface area contributed by atoms with Crippen LogP contribution in [0.4, 0.5) is 0 Å². The number of carbonyl (C=O) groups excluding carboxylic acids is 1. The predicted molar refractivity (Wildman–Crippen MR) is 82.7 cm³/mol. The molecule has 1 N–H and O–H groups in total. The third-order valence-electron chi connectivity index (χ3n) is 3.16. The fourth-order valence-electron chi connectivity index (χ4n) is 2.22. The van der Waals surface area contributed by atoms with Gasteiger partial charge in [-0.2, -0.15) is 0 Å². The summed E-state index contributed by atoms with van der Waals surface area (Å²) in [4.78, 5) is 10.9. The van der Waals surface area contributed by atoms with Crippen molar-refractivity contribution >= 4 is 5.97 Å². The summed E-state index contributed by atoms with van der Waals surface area (Å²) in [7, 11) is 0. The van der Waals surface area contributed by atoms with Gasteiger partial charge in [-0.3, -0.25) is 4.79 Å². The Morgan fingerprint density at radius 1 is 1.10 bits per heavy atom. The first-order chi connectivity index (χ1) is 9.61.